The van der Waals surface area contributed by atoms with Crippen LogP contribution in [0.5, 0.6) is 0 Å². The van der Waals surface area contributed by atoms with Gasteiger partial charge in [0.05, 0.1) is 6.61 Å². The number of ether oxygens (including phenoxy) is 2. The van der Waals surface area contributed by atoms with Gasteiger partial charge in [0.15, 0.2) is 6.10 Å². The zero-order chi connectivity index (χ0) is 45.0. The van der Waals surface area contributed by atoms with Gasteiger partial charge in [0.2, 0.25) is 0 Å². The van der Waals surface area contributed by atoms with Crippen LogP contribution in [0.3, 0.4) is 0 Å². The topological polar surface area (TPSA) is 210 Å². The van der Waals surface area contributed by atoms with E-state index in [9.17, 15) is 44.6 Å². The van der Waals surface area contributed by atoms with E-state index in [1.165, 1.54) is 103 Å². The molecule has 0 aromatic heterocycles. The summed E-state index contributed by atoms with van der Waals surface area (Å²) in [6, 6.07) is 0. The van der Waals surface area contributed by atoms with Gasteiger partial charge in [-0.15, -0.1) is 0 Å². The monoisotopic (exact) mass is 891 g/mol. The number of esters is 2. The summed E-state index contributed by atoms with van der Waals surface area (Å²) in [5, 5.41) is 50.2. The van der Waals surface area contributed by atoms with Crippen molar-refractivity contribution in [2.24, 2.45) is 0 Å². The Morgan fingerprint density at radius 2 is 0.836 bits per heavy atom. The van der Waals surface area contributed by atoms with Gasteiger partial charge in [0, 0.05) is 12.8 Å². The molecule has 0 spiro atoms. The Labute approximate surface area is 368 Å². The smallest absolute Gasteiger partial charge is 0.462 e. The number of hydrogen-bond donors (Lipinski definition) is 6. The lowest BCUT2D eigenvalue weighted by Gasteiger charge is -2.41. The van der Waals surface area contributed by atoms with Gasteiger partial charge in [-0.3, -0.25) is 18.6 Å². The van der Waals surface area contributed by atoms with E-state index in [0.29, 0.717) is 12.8 Å². The van der Waals surface area contributed by atoms with E-state index >= 15 is 0 Å². The van der Waals surface area contributed by atoms with Crippen LogP contribution in [0.15, 0.2) is 24.3 Å². The van der Waals surface area contributed by atoms with Crippen molar-refractivity contribution in [1.82, 2.24) is 0 Å². The largest absolute Gasteiger partial charge is 0.472 e. The average molecular weight is 891 g/mol. The lowest BCUT2D eigenvalue weighted by atomic mass is 9.85. The molecule has 358 valence electrons. The molecule has 1 aliphatic carbocycles. The van der Waals surface area contributed by atoms with Crippen LogP contribution >= 0.6 is 7.82 Å². The Kier molecular flexibility index (Phi) is 35.4. The first-order valence-corrected chi connectivity index (χ1v) is 25.6. The lowest BCUT2D eigenvalue weighted by molar-refractivity contribution is -0.220. The maximum Gasteiger partial charge on any atom is 0.472 e. The number of phosphoric ester groups is 1. The van der Waals surface area contributed by atoms with Gasteiger partial charge in [0.1, 0.15) is 43.2 Å². The van der Waals surface area contributed by atoms with E-state index in [2.05, 4.69) is 38.2 Å². The predicted molar refractivity (Wildman–Crippen MR) is 240 cm³/mol. The van der Waals surface area contributed by atoms with Crippen LogP contribution < -0.4 is 0 Å². The Hall–Kier alpha value is -1.67. The van der Waals surface area contributed by atoms with E-state index in [1.807, 2.05) is 0 Å². The minimum Gasteiger partial charge on any atom is -0.462 e. The molecule has 6 N–H and O–H groups in total. The van der Waals surface area contributed by atoms with Crippen molar-refractivity contribution >= 4 is 19.8 Å². The maximum atomic E-state index is 12.8. The normalized spacial score (nSPS) is 22.2. The third kappa shape index (κ3) is 30.2. The minimum atomic E-state index is -5.12. The Morgan fingerprint density at radius 3 is 1.25 bits per heavy atom. The Balaban J connectivity index is 2.44. The van der Waals surface area contributed by atoms with Gasteiger partial charge in [-0.2, -0.15) is 0 Å². The molecule has 0 heterocycles. The fourth-order valence-corrected chi connectivity index (χ4v) is 8.31. The summed E-state index contributed by atoms with van der Waals surface area (Å²) >= 11 is 0. The molecule has 0 aromatic carbocycles. The average Bonchev–Trinajstić information content (AvgIpc) is 3.24. The first kappa shape index (κ1) is 57.3. The fourth-order valence-electron chi connectivity index (χ4n) is 7.34. The number of carbonyl (C=O) groups excluding carboxylic acids is 2. The second-order valence-corrected chi connectivity index (χ2v) is 18.4. The summed E-state index contributed by atoms with van der Waals surface area (Å²) in [4.78, 5) is 35.7. The molecule has 14 heteroatoms. The first-order chi connectivity index (χ1) is 29.4. The number of allylic oxidation sites excluding steroid dienone is 4. The summed E-state index contributed by atoms with van der Waals surface area (Å²) < 4.78 is 33.6. The summed E-state index contributed by atoms with van der Waals surface area (Å²) in [5.74, 6) is -1.10. The van der Waals surface area contributed by atoms with Crippen LogP contribution in [0.1, 0.15) is 206 Å². The third-order valence-electron chi connectivity index (χ3n) is 11.3. The highest BCUT2D eigenvalue weighted by atomic mass is 31.2. The number of aliphatic hydroxyl groups is 5. The van der Waals surface area contributed by atoms with Gasteiger partial charge < -0.3 is 39.9 Å². The molecule has 13 nitrogen and oxygen atoms in total. The number of rotatable bonds is 40. The number of unbranched alkanes of at least 4 members (excludes halogenated alkanes) is 24. The van der Waals surface area contributed by atoms with Gasteiger partial charge in [-0.05, 0) is 64.2 Å². The highest BCUT2D eigenvalue weighted by molar-refractivity contribution is 7.47. The standard InChI is InChI=1S/C47H87O13P/c1-3-5-7-9-11-13-15-17-19-20-22-24-26-28-30-32-34-36-41(49)59-39(38-58-61(55,56)60-47-45(53)43(51)42(50)44(52)46(47)54)37-57-40(48)35-33-31-29-27-25-23-21-18-16-14-12-10-8-6-4-2/h13-16,39,42-47,50-54H,3-12,17-38H2,1-2H3,(H,55,56)/b15-13+,16-14+/t39-,42?,43+,44?,45?,46?,47?/m1/s1. The molecule has 0 aliphatic heterocycles. The van der Waals surface area contributed by atoms with Crippen molar-refractivity contribution < 1.29 is 63.1 Å². The number of phosphoric acid groups is 1. The van der Waals surface area contributed by atoms with Crippen molar-refractivity contribution in [2.45, 2.75) is 249 Å². The first-order valence-electron chi connectivity index (χ1n) is 24.1. The van der Waals surface area contributed by atoms with Crippen LogP contribution in [-0.4, -0.2) is 98.3 Å². The van der Waals surface area contributed by atoms with Gasteiger partial charge in [0.25, 0.3) is 0 Å². The molecule has 6 unspecified atom stereocenters. The third-order valence-corrected chi connectivity index (χ3v) is 12.3. The fraction of sp³-hybridized carbons (Fsp3) is 0.872. The van der Waals surface area contributed by atoms with E-state index in [4.69, 9.17) is 18.5 Å². The second kappa shape index (κ2) is 37.7. The SMILES string of the molecule is CCCCCC/C=C/CCCCCCCCCCCC(=O)O[C@H](COC(=O)CCCCCCCCC/C=C/CCCCCC)COP(=O)(O)OC1C(O)C(O)C(O)[C@H](O)C1O. The van der Waals surface area contributed by atoms with Crippen molar-refractivity contribution in [3.05, 3.63) is 24.3 Å². The van der Waals surface area contributed by atoms with Gasteiger partial charge in [-0.25, -0.2) is 4.57 Å². The summed E-state index contributed by atoms with van der Waals surface area (Å²) in [6.07, 6.45) is 27.9. The van der Waals surface area contributed by atoms with Crippen molar-refractivity contribution in [2.75, 3.05) is 13.2 Å². The number of aliphatic hydroxyl groups excluding tert-OH is 5. The summed E-state index contributed by atoms with van der Waals surface area (Å²) in [7, 11) is -5.12. The van der Waals surface area contributed by atoms with Gasteiger partial charge in [-0.1, -0.05) is 154 Å². The zero-order valence-electron chi connectivity index (χ0n) is 38.0. The molecule has 61 heavy (non-hydrogen) atoms. The quantitative estimate of drug-likeness (QED) is 0.0147. The summed E-state index contributed by atoms with van der Waals surface area (Å²) in [5.41, 5.74) is 0. The molecule has 1 rings (SSSR count). The van der Waals surface area contributed by atoms with E-state index in [1.54, 1.807) is 0 Å². The molecule has 1 saturated carbocycles. The second-order valence-electron chi connectivity index (χ2n) is 17.0. The Morgan fingerprint density at radius 1 is 0.492 bits per heavy atom. The van der Waals surface area contributed by atoms with Crippen molar-refractivity contribution in [1.29, 1.82) is 0 Å². The minimum absolute atomic E-state index is 0.0955. The lowest BCUT2D eigenvalue weighted by Crippen LogP contribution is -2.64. The van der Waals surface area contributed by atoms with E-state index in [-0.39, 0.29) is 12.8 Å². The highest BCUT2D eigenvalue weighted by Crippen LogP contribution is 2.47. The van der Waals surface area contributed by atoms with Crippen molar-refractivity contribution in [3.8, 4) is 0 Å². The van der Waals surface area contributed by atoms with E-state index in [0.717, 1.165) is 64.2 Å². The van der Waals surface area contributed by atoms with E-state index < -0.39 is 75.7 Å². The van der Waals surface area contributed by atoms with Crippen LogP contribution in [0, 0.1) is 0 Å². The molecule has 1 fully saturated rings. The van der Waals surface area contributed by atoms with Gasteiger partial charge >= 0.3 is 19.8 Å². The van der Waals surface area contributed by atoms with Crippen LogP contribution in [0.2, 0.25) is 0 Å². The molecule has 0 amide bonds. The zero-order valence-corrected chi connectivity index (χ0v) is 38.9. The number of carbonyl (C=O) groups is 2. The van der Waals surface area contributed by atoms with Crippen LogP contribution in [0.4, 0.5) is 0 Å². The van der Waals surface area contributed by atoms with Crippen LogP contribution in [-0.2, 0) is 32.7 Å². The molecule has 8 atom stereocenters. The molecular weight excluding hydrogens is 803 g/mol. The molecule has 0 saturated heterocycles. The predicted octanol–water partition coefficient (Wildman–Crippen LogP) is 9.62. The summed E-state index contributed by atoms with van der Waals surface area (Å²) in [6.45, 7) is 3.28. The maximum absolute atomic E-state index is 12.8. The molecule has 1 aliphatic rings. The molecular formula is C47H87O13P. The highest BCUT2D eigenvalue weighted by Gasteiger charge is 2.51. The Bertz CT molecular complexity index is 1170. The molecule has 0 bridgehead atoms. The van der Waals surface area contributed by atoms with Crippen molar-refractivity contribution in [3.63, 3.8) is 0 Å². The molecule has 0 aromatic rings. The molecule has 0 radical (unpaired) electrons. The van der Waals surface area contributed by atoms with Crippen LogP contribution in [0.25, 0.3) is 0 Å². The number of hydrogen-bond acceptors (Lipinski definition) is 12.